The van der Waals surface area contributed by atoms with E-state index in [0.29, 0.717) is 12.3 Å². The zero-order valence-corrected chi connectivity index (χ0v) is 11.5. The van der Waals surface area contributed by atoms with Crippen LogP contribution in [0.2, 0.25) is 0 Å². The van der Waals surface area contributed by atoms with Crippen molar-refractivity contribution in [2.75, 3.05) is 13.2 Å². The molecule has 0 saturated heterocycles. The predicted octanol–water partition coefficient (Wildman–Crippen LogP) is 3.29. The zero-order chi connectivity index (χ0) is 12.8. The van der Waals surface area contributed by atoms with Crippen LogP contribution in [0.4, 0.5) is 0 Å². The maximum atomic E-state index is 11.8. The van der Waals surface area contributed by atoms with Gasteiger partial charge in [0, 0.05) is 6.54 Å². The fourth-order valence-corrected chi connectivity index (χ4v) is 2.55. The first kappa shape index (κ1) is 13.3. The number of hydrogen-bond acceptors (Lipinski definition) is 4. The van der Waals surface area contributed by atoms with E-state index in [1.807, 2.05) is 24.4 Å². The summed E-state index contributed by atoms with van der Waals surface area (Å²) in [6, 6.07) is 3.85. The van der Waals surface area contributed by atoms with Gasteiger partial charge in [0.05, 0.1) is 11.5 Å². The molecule has 0 unspecified atom stereocenters. The van der Waals surface area contributed by atoms with E-state index < -0.39 is 0 Å². The molecule has 3 nitrogen and oxygen atoms in total. The lowest BCUT2D eigenvalue weighted by Crippen LogP contribution is -2.18. The van der Waals surface area contributed by atoms with Gasteiger partial charge in [0.15, 0.2) is 5.71 Å². The molecule has 98 valence electrons. The van der Waals surface area contributed by atoms with Gasteiger partial charge in [0.1, 0.15) is 0 Å². The third-order valence-electron chi connectivity index (χ3n) is 2.96. The molecule has 1 heterocycles. The Balaban J connectivity index is 1.94. The summed E-state index contributed by atoms with van der Waals surface area (Å²) < 4.78 is 5.06. The molecule has 1 aromatic rings. The van der Waals surface area contributed by atoms with E-state index in [4.69, 9.17) is 4.74 Å². The highest BCUT2D eigenvalue weighted by Crippen LogP contribution is 2.33. The number of hydrogen-bond donors (Lipinski definition) is 0. The summed E-state index contributed by atoms with van der Waals surface area (Å²) in [6.45, 7) is 2.94. The number of ether oxygens (including phenoxy) is 1. The zero-order valence-electron chi connectivity index (χ0n) is 10.7. The quantitative estimate of drug-likeness (QED) is 0.431. The lowest BCUT2D eigenvalue weighted by Gasteiger charge is -2.04. The van der Waals surface area contributed by atoms with Gasteiger partial charge in [-0.2, -0.15) is 0 Å². The van der Waals surface area contributed by atoms with E-state index in [2.05, 4.69) is 4.99 Å². The normalized spacial score (nSPS) is 15.7. The number of thiophene rings is 1. The predicted molar refractivity (Wildman–Crippen MR) is 74.3 cm³/mol. The van der Waals surface area contributed by atoms with Crippen LogP contribution in [-0.4, -0.2) is 24.8 Å². The Labute approximate surface area is 112 Å². The van der Waals surface area contributed by atoms with E-state index in [0.717, 1.165) is 23.8 Å². The Morgan fingerprint density at radius 3 is 3.00 bits per heavy atom. The van der Waals surface area contributed by atoms with Crippen LogP contribution in [0.5, 0.6) is 0 Å². The molecule has 4 heteroatoms. The fraction of sp³-hybridized carbons (Fsp3) is 0.571. The maximum Gasteiger partial charge on any atom is 0.357 e. The molecular weight excluding hydrogens is 246 g/mol. The fourth-order valence-electron chi connectivity index (χ4n) is 1.83. The third kappa shape index (κ3) is 3.95. The van der Waals surface area contributed by atoms with Gasteiger partial charge in [0.2, 0.25) is 0 Å². The number of rotatable bonds is 7. The number of esters is 1. The summed E-state index contributed by atoms with van der Waals surface area (Å²) in [5, 5.41) is 1.95. The van der Waals surface area contributed by atoms with Crippen molar-refractivity contribution in [2.45, 2.75) is 32.6 Å². The topological polar surface area (TPSA) is 38.7 Å². The summed E-state index contributed by atoms with van der Waals surface area (Å²) in [6.07, 6.45) is 5.06. The first-order chi connectivity index (χ1) is 8.81. The van der Waals surface area contributed by atoms with Gasteiger partial charge in [-0.3, -0.25) is 4.99 Å². The molecule has 0 spiro atoms. The SMILES string of the molecule is CCOC(=O)C(=NCCCC1CC1)c1cccs1. The molecule has 1 aromatic heterocycles. The number of aliphatic imine (C=N–C) groups is 1. The Morgan fingerprint density at radius 2 is 2.39 bits per heavy atom. The summed E-state index contributed by atoms with van der Waals surface area (Å²) in [7, 11) is 0. The first-order valence-electron chi connectivity index (χ1n) is 6.56. The van der Waals surface area contributed by atoms with E-state index in [1.165, 1.54) is 30.6 Å². The van der Waals surface area contributed by atoms with Crippen molar-refractivity contribution in [3.8, 4) is 0 Å². The molecule has 0 amide bonds. The summed E-state index contributed by atoms with van der Waals surface area (Å²) >= 11 is 1.53. The van der Waals surface area contributed by atoms with Crippen LogP contribution in [0.1, 0.15) is 37.5 Å². The highest BCUT2D eigenvalue weighted by molar-refractivity contribution is 7.13. The van der Waals surface area contributed by atoms with Crippen LogP contribution in [-0.2, 0) is 9.53 Å². The molecule has 2 rings (SSSR count). The smallest absolute Gasteiger partial charge is 0.357 e. The Hall–Kier alpha value is -1.16. The second kappa shape index (κ2) is 6.69. The monoisotopic (exact) mass is 265 g/mol. The molecule has 1 fully saturated rings. The minimum Gasteiger partial charge on any atom is -0.461 e. The molecule has 18 heavy (non-hydrogen) atoms. The van der Waals surface area contributed by atoms with E-state index >= 15 is 0 Å². The lowest BCUT2D eigenvalue weighted by molar-refractivity contribution is -0.134. The molecule has 0 radical (unpaired) electrons. The highest BCUT2D eigenvalue weighted by Gasteiger charge is 2.20. The molecule has 0 atom stereocenters. The molecule has 0 aliphatic heterocycles. The van der Waals surface area contributed by atoms with Gasteiger partial charge in [-0.1, -0.05) is 18.9 Å². The van der Waals surface area contributed by atoms with Gasteiger partial charge >= 0.3 is 5.97 Å². The van der Waals surface area contributed by atoms with Crippen molar-refractivity contribution in [3.05, 3.63) is 22.4 Å². The van der Waals surface area contributed by atoms with Crippen LogP contribution in [0, 0.1) is 5.92 Å². The van der Waals surface area contributed by atoms with Gasteiger partial charge in [-0.05, 0) is 37.1 Å². The lowest BCUT2D eigenvalue weighted by atomic mass is 10.2. The standard InChI is InChI=1S/C14H19NO2S/c1-2-17-14(16)13(12-6-4-10-18-12)15-9-3-5-11-7-8-11/h4,6,10-11H,2-3,5,7-9H2,1H3. The van der Waals surface area contributed by atoms with Crippen LogP contribution in [0.25, 0.3) is 0 Å². The van der Waals surface area contributed by atoms with Crippen molar-refractivity contribution in [1.29, 1.82) is 0 Å². The summed E-state index contributed by atoms with van der Waals surface area (Å²) in [5.41, 5.74) is 0.489. The van der Waals surface area contributed by atoms with Gasteiger partial charge in [-0.25, -0.2) is 4.79 Å². The summed E-state index contributed by atoms with van der Waals surface area (Å²) in [4.78, 5) is 17.2. The van der Waals surface area contributed by atoms with Crippen molar-refractivity contribution < 1.29 is 9.53 Å². The molecule has 1 saturated carbocycles. The van der Waals surface area contributed by atoms with Crippen molar-refractivity contribution in [2.24, 2.45) is 10.9 Å². The number of carbonyl (C=O) groups excluding carboxylic acids is 1. The van der Waals surface area contributed by atoms with Crippen molar-refractivity contribution >= 4 is 23.0 Å². The molecule has 0 bridgehead atoms. The van der Waals surface area contributed by atoms with Crippen LogP contribution >= 0.6 is 11.3 Å². The minimum atomic E-state index is -0.300. The first-order valence-corrected chi connectivity index (χ1v) is 7.44. The Morgan fingerprint density at radius 1 is 1.56 bits per heavy atom. The Bertz CT molecular complexity index is 407. The average molecular weight is 265 g/mol. The molecule has 0 aromatic carbocycles. The third-order valence-corrected chi connectivity index (χ3v) is 3.84. The van der Waals surface area contributed by atoms with E-state index in [9.17, 15) is 4.79 Å². The molecular formula is C14H19NO2S. The summed E-state index contributed by atoms with van der Waals surface area (Å²) in [5.74, 6) is 0.624. The van der Waals surface area contributed by atoms with Crippen LogP contribution < -0.4 is 0 Å². The number of carbonyl (C=O) groups is 1. The Kier molecular flexibility index (Phi) is 4.93. The van der Waals surface area contributed by atoms with Gasteiger partial charge in [-0.15, -0.1) is 11.3 Å². The van der Waals surface area contributed by atoms with Gasteiger partial charge in [0.25, 0.3) is 0 Å². The second-order valence-electron chi connectivity index (χ2n) is 4.51. The van der Waals surface area contributed by atoms with Crippen LogP contribution in [0.3, 0.4) is 0 Å². The minimum absolute atomic E-state index is 0.300. The van der Waals surface area contributed by atoms with Crippen molar-refractivity contribution in [1.82, 2.24) is 0 Å². The highest BCUT2D eigenvalue weighted by atomic mass is 32.1. The number of nitrogens with zero attached hydrogens (tertiary/aromatic N) is 1. The molecule has 0 N–H and O–H groups in total. The largest absolute Gasteiger partial charge is 0.461 e. The van der Waals surface area contributed by atoms with Crippen LogP contribution in [0.15, 0.2) is 22.5 Å². The average Bonchev–Trinajstić information content (AvgIpc) is 3.02. The van der Waals surface area contributed by atoms with E-state index in [1.54, 1.807) is 0 Å². The second-order valence-corrected chi connectivity index (χ2v) is 5.46. The van der Waals surface area contributed by atoms with Crippen molar-refractivity contribution in [3.63, 3.8) is 0 Å². The van der Waals surface area contributed by atoms with Gasteiger partial charge < -0.3 is 4.74 Å². The molecule has 1 aliphatic carbocycles. The maximum absolute atomic E-state index is 11.8. The molecule has 1 aliphatic rings. The van der Waals surface area contributed by atoms with E-state index in [-0.39, 0.29) is 5.97 Å².